The molecule has 0 radical (unpaired) electrons. The summed E-state index contributed by atoms with van der Waals surface area (Å²) in [6.45, 7) is 2.17. The van der Waals surface area contributed by atoms with Crippen LogP contribution in [0.2, 0.25) is 0 Å². The van der Waals surface area contributed by atoms with Crippen molar-refractivity contribution in [2.75, 3.05) is 13.6 Å². The fraction of sp³-hybridized carbons (Fsp3) is 0.250. The fourth-order valence-corrected chi connectivity index (χ4v) is 3.93. The fourth-order valence-electron chi connectivity index (χ4n) is 3.93. The molecule has 3 aromatic rings. The van der Waals surface area contributed by atoms with E-state index >= 15 is 0 Å². The topological polar surface area (TPSA) is 70.6 Å². The molecule has 6 heteroatoms. The maximum Gasteiger partial charge on any atom is 0.261 e. The molecule has 2 heterocycles. The molecule has 30 heavy (non-hydrogen) atoms. The van der Waals surface area contributed by atoms with Gasteiger partial charge in [0.2, 0.25) is 5.91 Å². The van der Waals surface area contributed by atoms with Crippen LogP contribution in [0, 0.1) is 0 Å². The molecule has 1 atom stereocenters. The molecule has 152 valence electrons. The van der Waals surface area contributed by atoms with Crippen molar-refractivity contribution >= 4 is 28.5 Å². The number of rotatable bonds is 6. The molecule has 6 nitrogen and oxygen atoms in total. The summed E-state index contributed by atoms with van der Waals surface area (Å²) < 4.78 is 0. The van der Waals surface area contributed by atoms with Gasteiger partial charge < -0.3 is 4.90 Å². The number of carbonyl (C=O) groups is 3. The lowest BCUT2D eigenvalue weighted by molar-refractivity contribution is -0.132. The molecule has 0 spiro atoms. The van der Waals surface area contributed by atoms with E-state index in [1.807, 2.05) is 43.3 Å². The van der Waals surface area contributed by atoms with Crippen LogP contribution in [0.3, 0.4) is 0 Å². The second-order valence-electron chi connectivity index (χ2n) is 7.54. The van der Waals surface area contributed by atoms with Crippen molar-refractivity contribution in [3.63, 3.8) is 0 Å². The highest BCUT2D eigenvalue weighted by molar-refractivity contribution is 6.25. The first-order chi connectivity index (χ1) is 14.5. The normalized spacial score (nSPS) is 14.1. The molecule has 1 aliphatic heterocycles. The van der Waals surface area contributed by atoms with Gasteiger partial charge in [0, 0.05) is 48.9 Å². The summed E-state index contributed by atoms with van der Waals surface area (Å²) in [5, 5.41) is 1.60. The van der Waals surface area contributed by atoms with Crippen molar-refractivity contribution in [2.45, 2.75) is 25.8 Å². The molecule has 2 aromatic carbocycles. The lowest BCUT2D eigenvalue weighted by atomic mass is 9.94. The number of amides is 3. The van der Waals surface area contributed by atoms with Gasteiger partial charge in [-0.05, 0) is 48.6 Å². The summed E-state index contributed by atoms with van der Waals surface area (Å²) in [5.41, 5.74) is 2.09. The zero-order valence-corrected chi connectivity index (χ0v) is 17.0. The monoisotopic (exact) mass is 401 g/mol. The Morgan fingerprint density at radius 2 is 1.60 bits per heavy atom. The first kappa shape index (κ1) is 19.8. The van der Waals surface area contributed by atoms with Crippen molar-refractivity contribution in [1.82, 2.24) is 14.8 Å². The minimum Gasteiger partial charge on any atom is -0.339 e. The third-order valence-electron chi connectivity index (χ3n) is 5.79. The van der Waals surface area contributed by atoms with Gasteiger partial charge in [0.15, 0.2) is 0 Å². The van der Waals surface area contributed by atoms with E-state index < -0.39 is 0 Å². The van der Waals surface area contributed by atoms with Crippen molar-refractivity contribution in [3.05, 3.63) is 77.6 Å². The zero-order valence-electron chi connectivity index (χ0n) is 17.0. The Kier molecular flexibility index (Phi) is 5.31. The highest BCUT2D eigenvalue weighted by Gasteiger charge is 2.32. The van der Waals surface area contributed by atoms with Gasteiger partial charge in [-0.25, -0.2) is 0 Å². The molecular formula is C24H23N3O3. The number of aromatic nitrogens is 1. The van der Waals surface area contributed by atoms with E-state index in [4.69, 9.17) is 0 Å². The SMILES string of the molecule is CC(c1ccncc1)N(C)C(=O)CCCN1C(=O)c2cccc3cccc(c23)C1=O. The quantitative estimate of drug-likeness (QED) is 0.589. The summed E-state index contributed by atoms with van der Waals surface area (Å²) in [7, 11) is 1.77. The molecule has 0 bridgehead atoms. The number of hydrogen-bond acceptors (Lipinski definition) is 4. The van der Waals surface area contributed by atoms with Gasteiger partial charge in [-0.2, -0.15) is 0 Å². The van der Waals surface area contributed by atoms with Crippen LogP contribution in [0.5, 0.6) is 0 Å². The molecule has 3 amide bonds. The lowest BCUT2D eigenvalue weighted by Crippen LogP contribution is -2.41. The largest absolute Gasteiger partial charge is 0.339 e. The Bertz CT molecular complexity index is 1080. The van der Waals surface area contributed by atoms with E-state index in [2.05, 4.69) is 4.98 Å². The highest BCUT2D eigenvalue weighted by Crippen LogP contribution is 2.30. The van der Waals surface area contributed by atoms with Crippen LogP contribution in [0.1, 0.15) is 52.1 Å². The number of carbonyl (C=O) groups excluding carboxylic acids is 3. The number of benzene rings is 2. The van der Waals surface area contributed by atoms with Crippen molar-refractivity contribution in [2.24, 2.45) is 0 Å². The van der Waals surface area contributed by atoms with E-state index in [-0.39, 0.29) is 36.7 Å². The van der Waals surface area contributed by atoms with E-state index in [1.165, 1.54) is 4.90 Å². The minimum atomic E-state index is -0.296. The Morgan fingerprint density at radius 3 is 2.20 bits per heavy atom. The third kappa shape index (κ3) is 3.45. The molecule has 0 fully saturated rings. The number of imide groups is 1. The van der Waals surface area contributed by atoms with Crippen molar-refractivity contribution in [3.8, 4) is 0 Å². The second-order valence-corrected chi connectivity index (χ2v) is 7.54. The van der Waals surface area contributed by atoms with E-state index in [9.17, 15) is 14.4 Å². The predicted octanol–water partition coefficient (Wildman–Crippen LogP) is 3.83. The van der Waals surface area contributed by atoms with E-state index in [0.29, 0.717) is 22.9 Å². The molecule has 0 saturated carbocycles. The van der Waals surface area contributed by atoms with Crippen molar-refractivity contribution < 1.29 is 14.4 Å². The molecule has 0 saturated heterocycles. The van der Waals surface area contributed by atoms with Gasteiger partial charge in [-0.3, -0.25) is 24.3 Å². The van der Waals surface area contributed by atoms with Gasteiger partial charge >= 0.3 is 0 Å². The average molecular weight is 401 g/mol. The Morgan fingerprint density at radius 1 is 1.00 bits per heavy atom. The maximum atomic E-state index is 12.9. The summed E-state index contributed by atoms with van der Waals surface area (Å²) in [4.78, 5) is 45.4. The van der Waals surface area contributed by atoms with Gasteiger partial charge in [-0.15, -0.1) is 0 Å². The summed E-state index contributed by atoms with van der Waals surface area (Å²) in [5.74, 6) is -0.621. The van der Waals surface area contributed by atoms with Crippen molar-refractivity contribution in [1.29, 1.82) is 0 Å². The maximum absolute atomic E-state index is 12.9. The van der Waals surface area contributed by atoms with E-state index in [0.717, 1.165) is 10.9 Å². The summed E-state index contributed by atoms with van der Waals surface area (Å²) >= 11 is 0. The van der Waals surface area contributed by atoms with Crippen LogP contribution in [0.4, 0.5) is 0 Å². The molecule has 0 N–H and O–H groups in total. The van der Waals surface area contributed by atoms with Crippen LogP contribution in [-0.4, -0.2) is 46.1 Å². The Labute approximate surface area is 175 Å². The molecule has 1 aromatic heterocycles. The molecule has 4 rings (SSSR count). The third-order valence-corrected chi connectivity index (χ3v) is 5.79. The molecule has 1 unspecified atom stereocenters. The summed E-state index contributed by atoms with van der Waals surface area (Å²) in [6.07, 6.45) is 4.09. The highest BCUT2D eigenvalue weighted by atomic mass is 16.2. The van der Waals surface area contributed by atoms with Gasteiger partial charge in [-0.1, -0.05) is 24.3 Å². The average Bonchev–Trinajstić information content (AvgIpc) is 2.79. The first-order valence-corrected chi connectivity index (χ1v) is 10.0. The van der Waals surface area contributed by atoms with Gasteiger partial charge in [0.05, 0.1) is 6.04 Å². The summed E-state index contributed by atoms with van der Waals surface area (Å²) in [6, 6.07) is 14.6. The second kappa shape index (κ2) is 8.06. The van der Waals surface area contributed by atoms with E-state index in [1.54, 1.807) is 36.5 Å². The van der Waals surface area contributed by atoms with Crippen LogP contribution in [-0.2, 0) is 4.79 Å². The first-order valence-electron chi connectivity index (χ1n) is 10.0. The minimum absolute atomic E-state index is 0.0290. The molecule has 0 aliphatic carbocycles. The number of hydrogen-bond donors (Lipinski definition) is 0. The standard InChI is InChI=1S/C24H23N3O3/c1-16(17-11-13-25-14-12-17)26(2)21(28)10-5-15-27-23(29)19-8-3-6-18-7-4-9-20(22(18)19)24(27)30/h3-4,6-9,11-14,16H,5,10,15H2,1-2H3. The van der Waals surface area contributed by atoms with Crippen LogP contribution in [0.15, 0.2) is 60.9 Å². The Balaban J connectivity index is 1.43. The van der Waals surface area contributed by atoms with Gasteiger partial charge in [0.1, 0.15) is 0 Å². The van der Waals surface area contributed by atoms with Crippen LogP contribution < -0.4 is 0 Å². The lowest BCUT2D eigenvalue weighted by Gasteiger charge is -2.28. The van der Waals surface area contributed by atoms with Crippen LogP contribution >= 0.6 is 0 Å². The number of nitrogens with zero attached hydrogens (tertiary/aromatic N) is 3. The number of pyridine rings is 1. The van der Waals surface area contributed by atoms with Crippen LogP contribution in [0.25, 0.3) is 10.8 Å². The smallest absolute Gasteiger partial charge is 0.261 e. The molecular weight excluding hydrogens is 378 g/mol. The van der Waals surface area contributed by atoms with Gasteiger partial charge in [0.25, 0.3) is 11.8 Å². The Hall–Kier alpha value is -3.54. The molecule has 1 aliphatic rings. The zero-order chi connectivity index (χ0) is 21.3. The predicted molar refractivity (Wildman–Crippen MR) is 114 cm³/mol.